The molecule has 20 heavy (non-hydrogen) atoms. The third-order valence-corrected chi connectivity index (χ3v) is 4.98. The molecule has 0 bridgehead atoms. The normalized spacial score (nSPS) is 17.8. The first-order chi connectivity index (χ1) is 9.76. The van der Waals surface area contributed by atoms with Crippen LogP contribution in [-0.4, -0.2) is 7.05 Å². The lowest BCUT2D eigenvalue weighted by Crippen LogP contribution is -2.21. The fraction of sp³-hybridized carbons (Fsp3) is 0.333. The zero-order chi connectivity index (χ0) is 13.9. The molecular formula is C18H21NS. The fourth-order valence-electron chi connectivity index (χ4n) is 2.97. The second kappa shape index (κ2) is 6.02. The molecule has 1 aliphatic rings. The topological polar surface area (TPSA) is 12.0 Å². The predicted molar refractivity (Wildman–Crippen MR) is 86.5 cm³/mol. The van der Waals surface area contributed by atoms with Crippen LogP contribution in [-0.2, 0) is 6.42 Å². The Balaban J connectivity index is 1.85. The van der Waals surface area contributed by atoms with Gasteiger partial charge in [-0.15, -0.1) is 0 Å². The van der Waals surface area contributed by atoms with Crippen molar-refractivity contribution in [2.75, 3.05) is 7.05 Å². The largest absolute Gasteiger partial charge is 0.313 e. The molecule has 1 unspecified atom stereocenters. The van der Waals surface area contributed by atoms with E-state index in [9.17, 15) is 0 Å². The molecule has 1 N–H and O–H groups in total. The number of rotatable bonds is 3. The third-order valence-electron chi connectivity index (χ3n) is 4.00. The van der Waals surface area contributed by atoms with E-state index in [0.717, 1.165) is 0 Å². The van der Waals surface area contributed by atoms with Gasteiger partial charge in [0.1, 0.15) is 0 Å². The quantitative estimate of drug-likeness (QED) is 0.873. The second-order valence-corrected chi connectivity index (χ2v) is 6.66. The second-order valence-electron chi connectivity index (χ2n) is 5.51. The van der Waals surface area contributed by atoms with Crippen LogP contribution in [0.4, 0.5) is 0 Å². The average molecular weight is 283 g/mol. The van der Waals surface area contributed by atoms with Crippen molar-refractivity contribution in [3.05, 3.63) is 59.2 Å². The van der Waals surface area contributed by atoms with E-state index in [1.54, 1.807) is 0 Å². The highest BCUT2D eigenvalue weighted by Gasteiger charge is 2.18. The number of nitrogens with one attached hydrogen (secondary N) is 1. The van der Waals surface area contributed by atoms with Crippen LogP contribution >= 0.6 is 11.8 Å². The van der Waals surface area contributed by atoms with Gasteiger partial charge in [-0.3, -0.25) is 0 Å². The van der Waals surface area contributed by atoms with Crippen LogP contribution in [0, 0.1) is 6.92 Å². The number of benzene rings is 2. The van der Waals surface area contributed by atoms with Crippen LogP contribution in [0.2, 0.25) is 0 Å². The van der Waals surface area contributed by atoms with Gasteiger partial charge in [0.25, 0.3) is 0 Å². The lowest BCUT2D eigenvalue weighted by Gasteiger charge is -2.25. The van der Waals surface area contributed by atoms with E-state index in [1.807, 2.05) is 11.8 Å². The van der Waals surface area contributed by atoms with Gasteiger partial charge in [0, 0.05) is 15.8 Å². The van der Waals surface area contributed by atoms with Crippen molar-refractivity contribution in [1.29, 1.82) is 0 Å². The molecule has 2 heteroatoms. The van der Waals surface area contributed by atoms with E-state index in [-0.39, 0.29) is 0 Å². The molecule has 0 aliphatic heterocycles. The molecule has 0 radical (unpaired) electrons. The van der Waals surface area contributed by atoms with E-state index in [1.165, 1.54) is 45.7 Å². The monoisotopic (exact) mass is 283 g/mol. The number of aryl methyl sites for hydroxylation is 2. The minimum absolute atomic E-state index is 0.539. The van der Waals surface area contributed by atoms with Gasteiger partial charge in [0.2, 0.25) is 0 Å². The van der Waals surface area contributed by atoms with Gasteiger partial charge >= 0.3 is 0 Å². The Labute approximate surface area is 125 Å². The molecule has 1 aliphatic carbocycles. The molecule has 1 nitrogen and oxygen atoms in total. The Kier molecular flexibility index (Phi) is 4.13. The molecule has 0 amide bonds. The Morgan fingerprint density at radius 2 is 1.95 bits per heavy atom. The van der Waals surface area contributed by atoms with Crippen molar-refractivity contribution < 1.29 is 0 Å². The van der Waals surface area contributed by atoms with Crippen LogP contribution in [0.5, 0.6) is 0 Å². The summed E-state index contributed by atoms with van der Waals surface area (Å²) in [5.41, 5.74) is 4.34. The number of hydrogen-bond acceptors (Lipinski definition) is 2. The maximum atomic E-state index is 3.43. The van der Waals surface area contributed by atoms with Crippen LogP contribution in [0.25, 0.3) is 0 Å². The molecule has 0 heterocycles. The van der Waals surface area contributed by atoms with Crippen molar-refractivity contribution in [2.24, 2.45) is 0 Å². The van der Waals surface area contributed by atoms with Crippen molar-refractivity contribution in [1.82, 2.24) is 5.32 Å². The lowest BCUT2D eigenvalue weighted by molar-refractivity contribution is 0.496. The SMILES string of the molecule is CNC1CCCc2cc(Sc3cccc(C)c3)ccc21. The molecule has 0 fully saturated rings. The number of fused-ring (bicyclic) bond motifs is 1. The van der Waals surface area contributed by atoms with Crippen LogP contribution in [0.1, 0.15) is 35.6 Å². The van der Waals surface area contributed by atoms with Gasteiger partial charge in [0.15, 0.2) is 0 Å². The highest BCUT2D eigenvalue weighted by atomic mass is 32.2. The van der Waals surface area contributed by atoms with E-state index in [4.69, 9.17) is 0 Å². The van der Waals surface area contributed by atoms with Crippen LogP contribution in [0.3, 0.4) is 0 Å². The molecule has 0 aromatic heterocycles. The zero-order valence-electron chi connectivity index (χ0n) is 12.1. The standard InChI is InChI=1S/C18H21NS/c1-13-5-3-7-15(11-13)20-16-9-10-17-14(12-16)6-4-8-18(17)19-2/h3,5,7,9-12,18-19H,4,6,8H2,1-2H3. The van der Waals surface area contributed by atoms with Crippen molar-refractivity contribution in [2.45, 2.75) is 42.0 Å². The van der Waals surface area contributed by atoms with E-state index >= 15 is 0 Å². The summed E-state index contributed by atoms with van der Waals surface area (Å²) in [5.74, 6) is 0. The Morgan fingerprint density at radius 3 is 2.75 bits per heavy atom. The highest BCUT2D eigenvalue weighted by Crippen LogP contribution is 2.35. The van der Waals surface area contributed by atoms with Crippen LogP contribution < -0.4 is 5.32 Å². The minimum atomic E-state index is 0.539. The maximum Gasteiger partial charge on any atom is 0.0320 e. The summed E-state index contributed by atoms with van der Waals surface area (Å²) in [5, 5.41) is 3.43. The van der Waals surface area contributed by atoms with E-state index in [2.05, 4.69) is 61.8 Å². The minimum Gasteiger partial charge on any atom is -0.313 e. The Hall–Kier alpha value is -1.25. The summed E-state index contributed by atoms with van der Waals surface area (Å²) in [4.78, 5) is 2.68. The fourth-order valence-corrected chi connectivity index (χ4v) is 3.97. The summed E-state index contributed by atoms with van der Waals surface area (Å²) in [6.45, 7) is 2.15. The summed E-state index contributed by atoms with van der Waals surface area (Å²) >= 11 is 1.86. The summed E-state index contributed by atoms with van der Waals surface area (Å²) < 4.78 is 0. The first-order valence-corrected chi connectivity index (χ1v) is 8.12. The van der Waals surface area contributed by atoms with Gasteiger partial charge in [-0.1, -0.05) is 35.5 Å². The summed E-state index contributed by atoms with van der Waals surface area (Å²) in [6.07, 6.45) is 3.76. The first-order valence-electron chi connectivity index (χ1n) is 7.31. The summed E-state index contributed by atoms with van der Waals surface area (Å²) in [7, 11) is 2.06. The molecule has 0 spiro atoms. The molecule has 2 aromatic rings. The lowest BCUT2D eigenvalue weighted by atomic mass is 9.88. The van der Waals surface area contributed by atoms with E-state index in [0.29, 0.717) is 6.04 Å². The average Bonchev–Trinajstić information content (AvgIpc) is 2.46. The van der Waals surface area contributed by atoms with Gasteiger partial charge in [0.05, 0.1) is 0 Å². The van der Waals surface area contributed by atoms with Crippen molar-refractivity contribution in [3.63, 3.8) is 0 Å². The molecule has 3 rings (SSSR count). The molecule has 2 aromatic carbocycles. The molecule has 104 valence electrons. The van der Waals surface area contributed by atoms with Crippen molar-refractivity contribution in [3.8, 4) is 0 Å². The van der Waals surface area contributed by atoms with Gasteiger partial charge < -0.3 is 5.32 Å². The zero-order valence-corrected chi connectivity index (χ0v) is 13.0. The molecule has 1 atom stereocenters. The maximum absolute atomic E-state index is 3.43. The Morgan fingerprint density at radius 1 is 1.10 bits per heavy atom. The molecular weight excluding hydrogens is 262 g/mol. The smallest absolute Gasteiger partial charge is 0.0320 e. The van der Waals surface area contributed by atoms with E-state index < -0.39 is 0 Å². The van der Waals surface area contributed by atoms with Crippen LogP contribution in [0.15, 0.2) is 52.3 Å². The third kappa shape index (κ3) is 2.92. The van der Waals surface area contributed by atoms with Gasteiger partial charge in [-0.05, 0) is 68.6 Å². The van der Waals surface area contributed by atoms with Gasteiger partial charge in [-0.25, -0.2) is 0 Å². The van der Waals surface area contributed by atoms with Gasteiger partial charge in [-0.2, -0.15) is 0 Å². The molecule has 0 saturated heterocycles. The predicted octanol–water partition coefficient (Wildman–Crippen LogP) is 4.74. The molecule has 0 saturated carbocycles. The Bertz CT molecular complexity index is 606. The van der Waals surface area contributed by atoms with Crippen molar-refractivity contribution >= 4 is 11.8 Å². The highest BCUT2D eigenvalue weighted by molar-refractivity contribution is 7.99. The number of hydrogen-bond donors (Lipinski definition) is 1. The summed E-state index contributed by atoms with van der Waals surface area (Å²) in [6, 6.07) is 16.2. The first kappa shape index (κ1) is 13.7.